The topological polar surface area (TPSA) is 58.6 Å². The van der Waals surface area contributed by atoms with Crippen molar-refractivity contribution in [3.8, 4) is 5.75 Å². The van der Waals surface area contributed by atoms with E-state index >= 15 is 0 Å². The predicted molar refractivity (Wildman–Crippen MR) is 127 cm³/mol. The van der Waals surface area contributed by atoms with E-state index in [2.05, 4.69) is 22.3 Å². The molecule has 1 spiro atoms. The van der Waals surface area contributed by atoms with E-state index in [1.54, 1.807) is 0 Å². The van der Waals surface area contributed by atoms with Crippen LogP contribution in [0.3, 0.4) is 0 Å². The first-order valence-electron chi connectivity index (χ1n) is 12.9. The molecule has 0 unspecified atom stereocenters. The highest BCUT2D eigenvalue weighted by Crippen LogP contribution is 2.39. The van der Waals surface area contributed by atoms with E-state index < -0.39 is 0 Å². The molecule has 0 aromatic heterocycles. The molecule has 176 valence electrons. The molecule has 5 heteroatoms. The number of carbonyl (C=O) groups excluding carboxylic acids is 2. The standard InChI is InChI=1S/C27H40N2O3/c1-21-20-32-24-14-7-6-10-22(24)11-8-9-15-27(26(31)28-21)16-18-29(19-17-27)25(30)23-12-4-2-3-5-13-23/h6-7,10,14,21,23H,2-5,8-9,11-13,15-20H2,1H3,(H,28,31)/t21-/m1/s1. The maximum atomic E-state index is 13.4. The minimum absolute atomic E-state index is 0.0440. The van der Waals surface area contributed by atoms with E-state index in [9.17, 15) is 9.59 Å². The number of fused-ring (bicyclic) bond motifs is 1. The van der Waals surface area contributed by atoms with Crippen molar-refractivity contribution in [2.24, 2.45) is 11.3 Å². The Morgan fingerprint density at radius 2 is 1.72 bits per heavy atom. The fraction of sp³-hybridized carbons (Fsp3) is 0.704. The molecule has 1 aromatic carbocycles. The number of carbonyl (C=O) groups is 2. The molecular weight excluding hydrogens is 400 g/mol. The number of piperidine rings is 1. The van der Waals surface area contributed by atoms with Gasteiger partial charge in [0.2, 0.25) is 11.8 Å². The number of rotatable bonds is 1. The minimum atomic E-state index is -0.354. The van der Waals surface area contributed by atoms with E-state index in [1.807, 2.05) is 19.1 Å². The maximum absolute atomic E-state index is 13.4. The third-order valence-corrected chi connectivity index (χ3v) is 7.91. The fourth-order valence-electron chi connectivity index (χ4n) is 5.79. The molecule has 3 aliphatic rings. The number of amides is 2. The van der Waals surface area contributed by atoms with Crippen LogP contribution >= 0.6 is 0 Å². The first kappa shape index (κ1) is 23.1. The Morgan fingerprint density at radius 1 is 1.00 bits per heavy atom. The molecule has 2 amide bonds. The Balaban J connectivity index is 1.41. The summed E-state index contributed by atoms with van der Waals surface area (Å²) in [5, 5.41) is 3.24. The summed E-state index contributed by atoms with van der Waals surface area (Å²) in [4.78, 5) is 28.6. The van der Waals surface area contributed by atoms with Crippen molar-refractivity contribution in [1.29, 1.82) is 0 Å². The lowest BCUT2D eigenvalue weighted by Crippen LogP contribution is -2.53. The van der Waals surface area contributed by atoms with Gasteiger partial charge in [0, 0.05) is 19.0 Å². The van der Waals surface area contributed by atoms with Crippen LogP contribution in [0.2, 0.25) is 0 Å². The minimum Gasteiger partial charge on any atom is -0.491 e. The average Bonchev–Trinajstić information content (AvgIpc) is 3.10. The van der Waals surface area contributed by atoms with Gasteiger partial charge in [-0.3, -0.25) is 9.59 Å². The molecular formula is C27H40N2O3. The van der Waals surface area contributed by atoms with Gasteiger partial charge in [-0.2, -0.15) is 0 Å². The number of hydrogen-bond acceptors (Lipinski definition) is 3. The van der Waals surface area contributed by atoms with Crippen LogP contribution in [0.5, 0.6) is 5.75 Å². The molecule has 1 N–H and O–H groups in total. The quantitative estimate of drug-likeness (QED) is 0.634. The Labute approximate surface area is 193 Å². The molecule has 4 rings (SSSR count). The van der Waals surface area contributed by atoms with Crippen LogP contribution in [0.4, 0.5) is 0 Å². The zero-order valence-corrected chi connectivity index (χ0v) is 19.7. The lowest BCUT2D eigenvalue weighted by Gasteiger charge is -2.42. The number of hydrogen-bond donors (Lipinski definition) is 1. The van der Waals surface area contributed by atoms with Crippen LogP contribution < -0.4 is 10.1 Å². The van der Waals surface area contributed by atoms with E-state index in [-0.39, 0.29) is 23.3 Å². The van der Waals surface area contributed by atoms with Crippen molar-refractivity contribution in [1.82, 2.24) is 10.2 Å². The van der Waals surface area contributed by atoms with Crippen molar-refractivity contribution >= 4 is 11.8 Å². The monoisotopic (exact) mass is 440 g/mol. The molecule has 2 aliphatic heterocycles. The molecule has 32 heavy (non-hydrogen) atoms. The number of aryl methyl sites for hydroxylation is 1. The molecule has 1 aliphatic carbocycles. The lowest BCUT2D eigenvalue weighted by atomic mass is 9.73. The predicted octanol–water partition coefficient (Wildman–Crippen LogP) is 4.88. The van der Waals surface area contributed by atoms with Gasteiger partial charge in [0.25, 0.3) is 0 Å². The molecule has 1 aromatic rings. The smallest absolute Gasteiger partial charge is 0.226 e. The summed E-state index contributed by atoms with van der Waals surface area (Å²) >= 11 is 0. The van der Waals surface area contributed by atoms with Crippen LogP contribution in [0.1, 0.15) is 83.1 Å². The van der Waals surface area contributed by atoms with Crippen molar-refractivity contribution in [2.45, 2.75) is 90.0 Å². The zero-order valence-electron chi connectivity index (χ0n) is 19.7. The van der Waals surface area contributed by atoms with Crippen LogP contribution in [-0.2, 0) is 16.0 Å². The maximum Gasteiger partial charge on any atom is 0.226 e. The number of ether oxygens (including phenoxy) is 1. The largest absolute Gasteiger partial charge is 0.491 e. The van der Waals surface area contributed by atoms with Gasteiger partial charge in [-0.25, -0.2) is 0 Å². The van der Waals surface area contributed by atoms with E-state index in [0.717, 1.165) is 70.2 Å². The first-order valence-corrected chi connectivity index (χ1v) is 12.9. The van der Waals surface area contributed by atoms with Gasteiger partial charge in [0.05, 0.1) is 11.5 Å². The third kappa shape index (κ3) is 5.47. The second kappa shape index (κ2) is 10.7. The fourth-order valence-corrected chi connectivity index (χ4v) is 5.79. The van der Waals surface area contributed by atoms with E-state index in [0.29, 0.717) is 12.5 Å². The number of benzene rings is 1. The lowest BCUT2D eigenvalue weighted by molar-refractivity contribution is -0.144. The number of nitrogens with one attached hydrogen (secondary N) is 1. The van der Waals surface area contributed by atoms with Gasteiger partial charge in [0.1, 0.15) is 12.4 Å². The Kier molecular flexibility index (Phi) is 7.75. The Morgan fingerprint density at radius 3 is 2.47 bits per heavy atom. The number of nitrogens with zero attached hydrogens (tertiary/aromatic N) is 1. The Hall–Kier alpha value is -2.04. The highest BCUT2D eigenvalue weighted by molar-refractivity contribution is 5.84. The van der Waals surface area contributed by atoms with Crippen LogP contribution in [0.25, 0.3) is 0 Å². The zero-order chi connectivity index (χ0) is 22.4. The molecule has 0 radical (unpaired) electrons. The van der Waals surface area contributed by atoms with Gasteiger partial charge in [-0.05, 0) is 63.5 Å². The first-order chi connectivity index (χ1) is 15.6. The average molecular weight is 441 g/mol. The molecule has 1 saturated heterocycles. The highest BCUT2D eigenvalue weighted by atomic mass is 16.5. The van der Waals surface area contributed by atoms with Gasteiger partial charge in [0.15, 0.2) is 0 Å². The summed E-state index contributed by atoms with van der Waals surface area (Å²) in [6.45, 7) is 3.93. The van der Waals surface area contributed by atoms with E-state index in [4.69, 9.17) is 4.74 Å². The molecule has 5 nitrogen and oxygen atoms in total. The molecule has 1 atom stereocenters. The van der Waals surface area contributed by atoms with Gasteiger partial charge >= 0.3 is 0 Å². The van der Waals surface area contributed by atoms with Crippen molar-refractivity contribution in [2.75, 3.05) is 19.7 Å². The van der Waals surface area contributed by atoms with Gasteiger partial charge in [-0.1, -0.05) is 50.3 Å². The molecule has 1 saturated carbocycles. The second-order valence-corrected chi connectivity index (χ2v) is 10.3. The SMILES string of the molecule is C[C@@H]1COc2ccccc2CCCCC2(CCN(C(=O)C3CCCCCC3)CC2)C(=O)N1. The number of likely N-dealkylation sites (tertiary alicyclic amines) is 1. The van der Waals surface area contributed by atoms with Gasteiger partial charge in [-0.15, -0.1) is 0 Å². The summed E-state index contributed by atoms with van der Waals surface area (Å²) in [6, 6.07) is 8.21. The molecule has 0 bridgehead atoms. The summed E-state index contributed by atoms with van der Waals surface area (Å²) in [5.74, 6) is 1.64. The normalized spacial score (nSPS) is 25.5. The van der Waals surface area contributed by atoms with Crippen molar-refractivity contribution in [3.05, 3.63) is 29.8 Å². The van der Waals surface area contributed by atoms with Crippen molar-refractivity contribution < 1.29 is 14.3 Å². The summed E-state index contributed by atoms with van der Waals surface area (Å²) in [5.41, 5.74) is 0.900. The van der Waals surface area contributed by atoms with Crippen LogP contribution in [0.15, 0.2) is 24.3 Å². The Bertz CT molecular complexity index is 777. The third-order valence-electron chi connectivity index (χ3n) is 7.91. The number of para-hydroxylation sites is 1. The summed E-state index contributed by atoms with van der Waals surface area (Å²) < 4.78 is 6.05. The van der Waals surface area contributed by atoms with E-state index in [1.165, 1.54) is 31.2 Å². The molecule has 2 heterocycles. The van der Waals surface area contributed by atoms with Crippen LogP contribution in [-0.4, -0.2) is 42.5 Å². The van der Waals surface area contributed by atoms with Crippen molar-refractivity contribution in [3.63, 3.8) is 0 Å². The summed E-state index contributed by atoms with van der Waals surface area (Å²) in [6.07, 6.45) is 12.5. The molecule has 2 fully saturated rings. The highest BCUT2D eigenvalue weighted by Gasteiger charge is 2.42. The van der Waals surface area contributed by atoms with Gasteiger partial charge < -0.3 is 15.0 Å². The second-order valence-electron chi connectivity index (χ2n) is 10.3. The summed E-state index contributed by atoms with van der Waals surface area (Å²) in [7, 11) is 0. The van der Waals surface area contributed by atoms with Crippen LogP contribution in [0, 0.1) is 11.3 Å².